The Bertz CT molecular complexity index is 435. The van der Waals surface area contributed by atoms with Crippen LogP contribution in [0.1, 0.15) is 37.8 Å². The van der Waals surface area contributed by atoms with Gasteiger partial charge in [-0.2, -0.15) is 5.26 Å². The van der Waals surface area contributed by atoms with E-state index in [0.717, 1.165) is 11.1 Å². The number of hydrogen-bond donors (Lipinski definition) is 0. The molecule has 0 aromatic heterocycles. The number of aryl methyl sites for hydroxylation is 1. The molecule has 1 aromatic carbocycles. The lowest BCUT2D eigenvalue weighted by Crippen LogP contribution is -2.26. The lowest BCUT2D eigenvalue weighted by Gasteiger charge is -2.20. The molecule has 0 aliphatic heterocycles. The van der Waals surface area contributed by atoms with Gasteiger partial charge in [-0.05, 0) is 12.5 Å². The van der Waals surface area contributed by atoms with Gasteiger partial charge in [0.2, 0.25) is 0 Å². The van der Waals surface area contributed by atoms with Crippen molar-refractivity contribution in [1.82, 2.24) is 0 Å². The van der Waals surface area contributed by atoms with E-state index < -0.39 is 11.3 Å². The number of ketones is 1. The minimum Gasteiger partial charge on any atom is -0.297 e. The quantitative estimate of drug-likeness (QED) is 0.760. The van der Waals surface area contributed by atoms with Gasteiger partial charge in [0.25, 0.3) is 0 Å². The van der Waals surface area contributed by atoms with Crippen molar-refractivity contribution in [3.8, 4) is 6.07 Å². The van der Waals surface area contributed by atoms with Crippen LogP contribution in [-0.4, -0.2) is 5.78 Å². The molecule has 0 fully saturated rings. The van der Waals surface area contributed by atoms with Gasteiger partial charge in [-0.15, -0.1) is 0 Å². The van der Waals surface area contributed by atoms with Crippen molar-refractivity contribution < 1.29 is 4.79 Å². The molecule has 0 radical (unpaired) electrons. The van der Waals surface area contributed by atoms with E-state index in [2.05, 4.69) is 6.07 Å². The van der Waals surface area contributed by atoms with Crippen LogP contribution < -0.4 is 0 Å². The van der Waals surface area contributed by atoms with Crippen LogP contribution in [0.4, 0.5) is 0 Å². The molecule has 0 bridgehead atoms. The van der Waals surface area contributed by atoms with E-state index >= 15 is 0 Å². The number of carbonyl (C=O) groups is 1. The second kappa shape index (κ2) is 4.49. The Kier molecular flexibility index (Phi) is 3.49. The summed E-state index contributed by atoms with van der Waals surface area (Å²) in [4.78, 5) is 12.1. The second-order valence-corrected chi connectivity index (χ2v) is 5.09. The lowest BCUT2D eigenvalue weighted by atomic mass is 9.80. The first-order valence-corrected chi connectivity index (χ1v) is 5.37. The highest BCUT2D eigenvalue weighted by Gasteiger charge is 2.30. The van der Waals surface area contributed by atoms with Crippen LogP contribution >= 0.6 is 0 Å². The summed E-state index contributed by atoms with van der Waals surface area (Å²) in [5, 5.41) is 9.13. The highest BCUT2D eigenvalue weighted by molar-refractivity contribution is 5.92. The number of nitrogens with zero attached hydrogens (tertiary/aromatic N) is 1. The van der Waals surface area contributed by atoms with Crippen molar-refractivity contribution in [2.24, 2.45) is 5.41 Å². The first-order valence-electron chi connectivity index (χ1n) is 5.37. The zero-order valence-corrected chi connectivity index (χ0v) is 10.2. The Labute approximate surface area is 96.9 Å². The lowest BCUT2D eigenvalue weighted by molar-refractivity contribution is -0.126. The standard InChI is InChI=1S/C14H17NO/c1-10-6-5-7-11(8-10)12(9-15)13(16)14(2,3)4/h5-8,12H,1-4H3. The fourth-order valence-corrected chi connectivity index (χ4v) is 1.57. The summed E-state index contributed by atoms with van der Waals surface area (Å²) < 4.78 is 0. The van der Waals surface area contributed by atoms with Crippen LogP contribution in [0.5, 0.6) is 0 Å². The number of benzene rings is 1. The fraction of sp³-hybridized carbons (Fsp3) is 0.429. The summed E-state index contributed by atoms with van der Waals surface area (Å²) in [6.07, 6.45) is 0. The zero-order chi connectivity index (χ0) is 12.3. The van der Waals surface area contributed by atoms with Gasteiger partial charge in [-0.3, -0.25) is 4.79 Å². The maximum Gasteiger partial charge on any atom is 0.159 e. The van der Waals surface area contributed by atoms with Crippen LogP contribution in [0, 0.1) is 23.7 Å². The van der Waals surface area contributed by atoms with Gasteiger partial charge in [0, 0.05) is 5.41 Å². The average molecular weight is 215 g/mol. The molecule has 0 aliphatic carbocycles. The van der Waals surface area contributed by atoms with Gasteiger partial charge in [0.1, 0.15) is 5.92 Å². The van der Waals surface area contributed by atoms with E-state index in [1.54, 1.807) is 0 Å². The molecule has 0 aliphatic rings. The molecule has 1 atom stereocenters. The third kappa shape index (κ3) is 2.70. The Morgan fingerprint density at radius 2 is 2.00 bits per heavy atom. The largest absolute Gasteiger partial charge is 0.297 e. The van der Waals surface area contributed by atoms with E-state index in [1.165, 1.54) is 0 Å². The number of rotatable bonds is 2. The normalized spacial score (nSPS) is 12.9. The van der Waals surface area contributed by atoms with Crippen LogP contribution in [0.2, 0.25) is 0 Å². The Hall–Kier alpha value is -1.62. The SMILES string of the molecule is Cc1cccc(C(C#N)C(=O)C(C)(C)C)c1. The van der Waals surface area contributed by atoms with Crippen molar-refractivity contribution in [2.45, 2.75) is 33.6 Å². The first kappa shape index (κ1) is 12.4. The van der Waals surface area contributed by atoms with E-state index in [-0.39, 0.29) is 5.78 Å². The fourth-order valence-electron chi connectivity index (χ4n) is 1.57. The van der Waals surface area contributed by atoms with Gasteiger partial charge in [-0.1, -0.05) is 50.6 Å². The number of hydrogen-bond acceptors (Lipinski definition) is 2. The predicted octanol–water partition coefficient (Wildman–Crippen LogP) is 3.22. The summed E-state index contributed by atoms with van der Waals surface area (Å²) in [5.41, 5.74) is 1.38. The molecular weight excluding hydrogens is 198 g/mol. The van der Waals surface area contributed by atoms with Crippen LogP contribution in [0.15, 0.2) is 24.3 Å². The van der Waals surface area contributed by atoms with Crippen molar-refractivity contribution >= 4 is 5.78 Å². The molecule has 2 heteroatoms. The third-order valence-electron chi connectivity index (χ3n) is 2.51. The summed E-state index contributed by atoms with van der Waals surface area (Å²) in [6.45, 7) is 7.49. The van der Waals surface area contributed by atoms with E-state index in [9.17, 15) is 4.79 Å². The molecule has 0 amide bonds. The van der Waals surface area contributed by atoms with Crippen LogP contribution in [0.25, 0.3) is 0 Å². The molecule has 1 rings (SSSR count). The molecule has 2 nitrogen and oxygen atoms in total. The van der Waals surface area contributed by atoms with Crippen LogP contribution in [0.3, 0.4) is 0 Å². The topological polar surface area (TPSA) is 40.9 Å². The Balaban J connectivity index is 3.10. The number of Topliss-reactive ketones (excluding diaryl/α,β-unsaturated/α-hetero) is 1. The van der Waals surface area contributed by atoms with Crippen molar-refractivity contribution in [2.75, 3.05) is 0 Å². The number of nitriles is 1. The van der Waals surface area contributed by atoms with Gasteiger partial charge in [-0.25, -0.2) is 0 Å². The maximum atomic E-state index is 12.1. The summed E-state index contributed by atoms with van der Waals surface area (Å²) in [6, 6.07) is 9.68. The van der Waals surface area contributed by atoms with Crippen molar-refractivity contribution in [1.29, 1.82) is 5.26 Å². The smallest absolute Gasteiger partial charge is 0.159 e. The molecule has 0 heterocycles. The summed E-state index contributed by atoms with van der Waals surface area (Å²) >= 11 is 0. The first-order chi connectivity index (χ1) is 7.36. The Morgan fingerprint density at radius 1 is 1.38 bits per heavy atom. The van der Waals surface area contributed by atoms with Gasteiger partial charge >= 0.3 is 0 Å². The van der Waals surface area contributed by atoms with Gasteiger partial charge in [0.15, 0.2) is 5.78 Å². The minimum atomic E-state index is -0.653. The molecule has 0 spiro atoms. The molecule has 84 valence electrons. The van der Waals surface area contributed by atoms with E-state index in [4.69, 9.17) is 5.26 Å². The minimum absolute atomic E-state index is 0.0272. The number of carbonyl (C=O) groups excluding carboxylic acids is 1. The van der Waals surface area contributed by atoms with Crippen molar-refractivity contribution in [3.05, 3.63) is 35.4 Å². The molecule has 1 aromatic rings. The summed E-state index contributed by atoms with van der Waals surface area (Å²) in [5.74, 6) is -0.680. The third-order valence-corrected chi connectivity index (χ3v) is 2.51. The highest BCUT2D eigenvalue weighted by atomic mass is 16.1. The average Bonchev–Trinajstić information content (AvgIpc) is 2.17. The summed E-state index contributed by atoms with van der Waals surface area (Å²) in [7, 11) is 0. The second-order valence-electron chi connectivity index (χ2n) is 5.09. The molecular formula is C14H17NO. The van der Waals surface area contributed by atoms with Gasteiger partial charge in [0.05, 0.1) is 6.07 Å². The molecule has 0 N–H and O–H groups in total. The van der Waals surface area contributed by atoms with Crippen molar-refractivity contribution in [3.63, 3.8) is 0 Å². The van der Waals surface area contributed by atoms with E-state index in [0.29, 0.717) is 0 Å². The molecule has 0 saturated carbocycles. The molecule has 0 saturated heterocycles. The van der Waals surface area contributed by atoms with Crippen LogP contribution in [-0.2, 0) is 4.79 Å². The highest BCUT2D eigenvalue weighted by Crippen LogP contribution is 2.27. The molecule has 16 heavy (non-hydrogen) atoms. The van der Waals surface area contributed by atoms with Gasteiger partial charge < -0.3 is 0 Å². The molecule has 1 unspecified atom stereocenters. The van der Waals surface area contributed by atoms with E-state index in [1.807, 2.05) is 52.0 Å². The maximum absolute atomic E-state index is 12.1. The Morgan fingerprint density at radius 3 is 2.44 bits per heavy atom. The predicted molar refractivity (Wildman–Crippen MR) is 64.0 cm³/mol. The monoisotopic (exact) mass is 215 g/mol. The zero-order valence-electron chi connectivity index (χ0n) is 10.2.